The zero-order valence-electron chi connectivity index (χ0n) is 13.6. The fraction of sp³-hybridized carbons (Fsp3) is 0.312. The van der Waals surface area contributed by atoms with E-state index in [1.54, 1.807) is 19.1 Å². The molecule has 1 fully saturated rings. The number of alkyl halides is 1. The highest BCUT2D eigenvalue weighted by Crippen LogP contribution is 2.21. The number of aryl methyl sites for hydroxylation is 1. The summed E-state index contributed by atoms with van der Waals surface area (Å²) in [5.74, 6) is 0.594. The Morgan fingerprint density at radius 1 is 1.36 bits per heavy atom. The topological polar surface area (TPSA) is 88.3 Å². The van der Waals surface area contributed by atoms with E-state index in [1.807, 2.05) is 4.90 Å². The van der Waals surface area contributed by atoms with Gasteiger partial charge in [0.25, 0.3) is 5.91 Å². The number of carbonyl (C=O) groups excluding carboxylic acids is 1. The third kappa shape index (κ3) is 2.88. The van der Waals surface area contributed by atoms with Gasteiger partial charge in [0.1, 0.15) is 12.0 Å². The van der Waals surface area contributed by atoms with Crippen molar-refractivity contribution in [2.75, 3.05) is 23.3 Å². The Balaban J connectivity index is 1.70. The maximum Gasteiger partial charge on any atom is 0.277 e. The van der Waals surface area contributed by atoms with Gasteiger partial charge in [0, 0.05) is 18.9 Å². The summed E-state index contributed by atoms with van der Waals surface area (Å²) in [6, 6.07) is 3.57. The summed E-state index contributed by atoms with van der Waals surface area (Å²) in [5.41, 5.74) is 1.43. The van der Waals surface area contributed by atoms with E-state index in [2.05, 4.69) is 25.4 Å². The number of carbonyl (C=O) groups is 1. The van der Waals surface area contributed by atoms with Crippen LogP contribution in [0.3, 0.4) is 0 Å². The van der Waals surface area contributed by atoms with E-state index in [4.69, 9.17) is 0 Å². The molecular weight excluding hydrogens is 325 g/mol. The molecule has 25 heavy (non-hydrogen) atoms. The number of hydrogen-bond donors (Lipinski definition) is 1. The van der Waals surface area contributed by atoms with Crippen LogP contribution in [-0.2, 0) is 0 Å². The molecule has 4 rings (SSSR count). The Morgan fingerprint density at radius 2 is 2.24 bits per heavy atom. The van der Waals surface area contributed by atoms with Crippen LogP contribution in [0.4, 0.5) is 16.0 Å². The second kappa shape index (κ2) is 6.08. The van der Waals surface area contributed by atoms with Gasteiger partial charge < -0.3 is 10.2 Å². The molecule has 0 saturated carbocycles. The summed E-state index contributed by atoms with van der Waals surface area (Å²) in [6.07, 6.45) is 4.12. The Labute approximate surface area is 142 Å². The van der Waals surface area contributed by atoms with Crippen molar-refractivity contribution < 1.29 is 9.18 Å². The van der Waals surface area contributed by atoms with Crippen molar-refractivity contribution >= 4 is 23.2 Å². The summed E-state index contributed by atoms with van der Waals surface area (Å²) in [6.45, 7) is 2.66. The number of amides is 1. The minimum atomic E-state index is -0.846. The molecule has 1 amide bonds. The molecule has 8 nitrogen and oxygen atoms in total. The first kappa shape index (κ1) is 15.4. The number of imidazole rings is 1. The lowest BCUT2D eigenvalue weighted by molar-refractivity contribution is 0.101. The Kier molecular flexibility index (Phi) is 3.75. The first-order valence-electron chi connectivity index (χ1n) is 7.94. The maximum absolute atomic E-state index is 13.5. The molecule has 4 heterocycles. The lowest BCUT2D eigenvalue weighted by Gasteiger charge is -2.16. The Bertz CT molecular complexity index is 927. The molecular formula is C16H16FN7O. The molecule has 1 atom stereocenters. The minimum absolute atomic E-state index is 0.313. The fourth-order valence-electron chi connectivity index (χ4n) is 2.93. The van der Waals surface area contributed by atoms with E-state index < -0.39 is 6.17 Å². The molecule has 1 aliphatic rings. The molecule has 0 aliphatic carbocycles. The third-order valence-corrected chi connectivity index (χ3v) is 4.11. The van der Waals surface area contributed by atoms with Crippen LogP contribution in [0.1, 0.15) is 22.6 Å². The van der Waals surface area contributed by atoms with Crippen molar-refractivity contribution in [3.05, 3.63) is 42.1 Å². The van der Waals surface area contributed by atoms with Gasteiger partial charge in [-0.1, -0.05) is 0 Å². The van der Waals surface area contributed by atoms with Crippen LogP contribution in [0.5, 0.6) is 0 Å². The molecule has 1 unspecified atom stereocenters. The average Bonchev–Trinajstić information content (AvgIpc) is 3.17. The molecule has 1 N–H and O–H groups in total. The number of hydrogen-bond acceptors (Lipinski definition) is 6. The molecule has 3 aromatic heterocycles. The van der Waals surface area contributed by atoms with Gasteiger partial charge in [-0.2, -0.15) is 0 Å². The Hall–Kier alpha value is -3.10. The standard InChI is InChI=1S/C16H16FN7O/c1-10-15(16(25)21-12-8-18-5-6-19-12)24-13(20-10)2-3-14(22-24)23-7-4-11(17)9-23/h2-3,5-6,8,11H,4,7,9H2,1H3,(H,19,21,25). The lowest BCUT2D eigenvalue weighted by Crippen LogP contribution is -2.23. The number of aromatic nitrogens is 5. The van der Waals surface area contributed by atoms with Gasteiger partial charge in [-0.05, 0) is 25.5 Å². The van der Waals surface area contributed by atoms with Crippen LogP contribution < -0.4 is 10.2 Å². The van der Waals surface area contributed by atoms with Crippen molar-refractivity contribution in [2.45, 2.75) is 19.5 Å². The highest BCUT2D eigenvalue weighted by Gasteiger charge is 2.24. The van der Waals surface area contributed by atoms with E-state index in [9.17, 15) is 9.18 Å². The number of halogens is 1. The van der Waals surface area contributed by atoms with Gasteiger partial charge in [0.15, 0.2) is 17.2 Å². The monoisotopic (exact) mass is 341 g/mol. The van der Waals surface area contributed by atoms with Crippen LogP contribution in [0.15, 0.2) is 30.7 Å². The number of fused-ring (bicyclic) bond motifs is 1. The number of nitrogens with zero attached hydrogens (tertiary/aromatic N) is 6. The Morgan fingerprint density at radius 3 is 2.96 bits per heavy atom. The van der Waals surface area contributed by atoms with E-state index in [0.29, 0.717) is 48.2 Å². The van der Waals surface area contributed by atoms with Gasteiger partial charge >= 0.3 is 0 Å². The van der Waals surface area contributed by atoms with Gasteiger partial charge in [0.05, 0.1) is 18.4 Å². The van der Waals surface area contributed by atoms with Crippen molar-refractivity contribution in [2.24, 2.45) is 0 Å². The molecule has 9 heteroatoms. The first-order chi connectivity index (χ1) is 12.1. The van der Waals surface area contributed by atoms with Gasteiger partial charge in [-0.3, -0.25) is 9.78 Å². The average molecular weight is 341 g/mol. The van der Waals surface area contributed by atoms with Gasteiger partial charge in [-0.15, -0.1) is 5.10 Å². The second-order valence-corrected chi connectivity index (χ2v) is 5.88. The summed E-state index contributed by atoms with van der Waals surface area (Å²) in [4.78, 5) is 26.8. The zero-order valence-corrected chi connectivity index (χ0v) is 13.6. The number of rotatable bonds is 3. The summed E-state index contributed by atoms with van der Waals surface area (Å²) >= 11 is 0. The van der Waals surface area contributed by atoms with E-state index in [-0.39, 0.29) is 5.91 Å². The van der Waals surface area contributed by atoms with Gasteiger partial charge in [-0.25, -0.2) is 18.9 Å². The largest absolute Gasteiger partial charge is 0.352 e. The van der Waals surface area contributed by atoms with Gasteiger partial charge in [0.2, 0.25) is 0 Å². The highest BCUT2D eigenvalue weighted by atomic mass is 19.1. The quantitative estimate of drug-likeness (QED) is 0.779. The normalized spacial score (nSPS) is 17.2. The van der Waals surface area contributed by atoms with E-state index >= 15 is 0 Å². The molecule has 0 spiro atoms. The minimum Gasteiger partial charge on any atom is -0.352 e. The summed E-state index contributed by atoms with van der Waals surface area (Å²) in [7, 11) is 0. The third-order valence-electron chi connectivity index (χ3n) is 4.11. The van der Waals surface area contributed by atoms with Crippen molar-refractivity contribution in [1.29, 1.82) is 0 Å². The fourth-order valence-corrected chi connectivity index (χ4v) is 2.93. The van der Waals surface area contributed by atoms with Crippen LogP contribution in [0.2, 0.25) is 0 Å². The summed E-state index contributed by atoms with van der Waals surface area (Å²) < 4.78 is 14.9. The van der Waals surface area contributed by atoms with Crippen LogP contribution in [-0.4, -0.2) is 49.7 Å². The first-order valence-corrected chi connectivity index (χ1v) is 7.94. The van der Waals surface area contributed by atoms with Crippen LogP contribution >= 0.6 is 0 Å². The molecule has 3 aromatic rings. The zero-order chi connectivity index (χ0) is 17.4. The SMILES string of the molecule is Cc1nc2ccc(N3CCC(F)C3)nn2c1C(=O)Nc1cnccn1. The maximum atomic E-state index is 13.5. The predicted octanol–water partition coefficient (Wildman–Crippen LogP) is 1.63. The van der Waals surface area contributed by atoms with Crippen molar-refractivity contribution in [1.82, 2.24) is 24.6 Å². The van der Waals surface area contributed by atoms with E-state index in [1.165, 1.54) is 23.1 Å². The smallest absolute Gasteiger partial charge is 0.277 e. The second-order valence-electron chi connectivity index (χ2n) is 5.88. The van der Waals surface area contributed by atoms with E-state index in [0.717, 1.165) is 0 Å². The summed E-state index contributed by atoms with van der Waals surface area (Å²) in [5, 5.41) is 7.18. The lowest BCUT2D eigenvalue weighted by atomic mass is 10.3. The highest BCUT2D eigenvalue weighted by molar-refractivity contribution is 6.03. The number of nitrogens with one attached hydrogen (secondary N) is 1. The molecule has 0 aromatic carbocycles. The predicted molar refractivity (Wildman–Crippen MR) is 89.4 cm³/mol. The molecule has 1 aliphatic heterocycles. The van der Waals surface area contributed by atoms with Crippen molar-refractivity contribution in [3.8, 4) is 0 Å². The molecule has 0 radical (unpaired) electrons. The van der Waals surface area contributed by atoms with Crippen molar-refractivity contribution in [3.63, 3.8) is 0 Å². The van der Waals surface area contributed by atoms with Crippen LogP contribution in [0, 0.1) is 6.92 Å². The number of anilines is 2. The van der Waals surface area contributed by atoms with Crippen LogP contribution in [0.25, 0.3) is 5.65 Å². The molecule has 1 saturated heterocycles. The molecule has 128 valence electrons. The molecule has 0 bridgehead atoms.